The van der Waals surface area contributed by atoms with Crippen LogP contribution in [0.25, 0.3) is 0 Å². The number of likely N-dealkylation sites (tertiary alicyclic amines) is 1. The van der Waals surface area contributed by atoms with Crippen molar-refractivity contribution < 1.29 is 9.59 Å². The van der Waals surface area contributed by atoms with Crippen LogP contribution in [0.3, 0.4) is 0 Å². The van der Waals surface area contributed by atoms with Gasteiger partial charge in [-0.05, 0) is 31.7 Å². The zero-order valence-electron chi connectivity index (χ0n) is 15.3. The molecule has 1 fully saturated rings. The molecule has 0 spiro atoms. The number of hydrogen-bond acceptors (Lipinski definition) is 2. The van der Waals surface area contributed by atoms with Gasteiger partial charge >= 0.3 is 0 Å². The molecule has 1 heterocycles. The molecule has 1 aromatic rings. The van der Waals surface area contributed by atoms with Crippen LogP contribution in [0.1, 0.15) is 57.2 Å². The fourth-order valence-electron chi connectivity index (χ4n) is 3.27. The van der Waals surface area contributed by atoms with Gasteiger partial charge in [0.25, 0.3) is 0 Å². The number of piperidine rings is 1. The van der Waals surface area contributed by atoms with Gasteiger partial charge in [0.15, 0.2) is 0 Å². The highest BCUT2D eigenvalue weighted by atomic mass is 16.2. The molecule has 0 bridgehead atoms. The molecule has 24 heavy (non-hydrogen) atoms. The highest BCUT2D eigenvalue weighted by Crippen LogP contribution is 2.22. The average Bonchev–Trinajstić information content (AvgIpc) is 2.59. The molecule has 0 saturated carbocycles. The minimum atomic E-state index is -0.0963. The van der Waals surface area contributed by atoms with Crippen molar-refractivity contribution in [2.24, 2.45) is 11.8 Å². The van der Waals surface area contributed by atoms with E-state index in [9.17, 15) is 9.59 Å². The van der Waals surface area contributed by atoms with E-state index in [-0.39, 0.29) is 29.7 Å². The second-order valence-electron chi connectivity index (χ2n) is 7.16. The molecule has 2 atom stereocenters. The second-order valence-corrected chi connectivity index (χ2v) is 7.16. The van der Waals surface area contributed by atoms with Gasteiger partial charge in [0, 0.05) is 19.0 Å². The molecule has 0 aliphatic carbocycles. The summed E-state index contributed by atoms with van der Waals surface area (Å²) in [6, 6.07) is 8.36. The topological polar surface area (TPSA) is 49.4 Å². The van der Waals surface area contributed by atoms with Gasteiger partial charge in [-0.15, -0.1) is 0 Å². The van der Waals surface area contributed by atoms with Gasteiger partial charge < -0.3 is 10.2 Å². The van der Waals surface area contributed by atoms with E-state index in [0.29, 0.717) is 6.54 Å². The first-order chi connectivity index (χ1) is 11.4. The highest BCUT2D eigenvalue weighted by Gasteiger charge is 2.30. The molecular formula is C20H30N2O2. The van der Waals surface area contributed by atoms with Gasteiger partial charge in [-0.3, -0.25) is 9.59 Å². The Hall–Kier alpha value is -1.84. The Bertz CT molecular complexity index is 566. The fraction of sp³-hybridized carbons (Fsp3) is 0.600. The molecule has 4 nitrogen and oxygen atoms in total. The SMILES string of the molecule is CC[C@@H](NC(=O)[C@H]1CCCN(C(=O)C(C)C)C1)c1ccc(C)cc1. The lowest BCUT2D eigenvalue weighted by atomic mass is 9.95. The standard InChI is InChI=1S/C20H30N2O2/c1-5-18(16-10-8-15(4)9-11-16)21-19(23)17-7-6-12-22(13-17)20(24)14(2)3/h8-11,14,17-18H,5-7,12-13H2,1-4H3,(H,21,23)/t17-,18+/m0/s1. The molecule has 4 heteroatoms. The van der Waals surface area contributed by atoms with Gasteiger partial charge in [0.1, 0.15) is 0 Å². The van der Waals surface area contributed by atoms with Crippen molar-refractivity contribution in [1.82, 2.24) is 10.2 Å². The second kappa shape index (κ2) is 8.32. The summed E-state index contributed by atoms with van der Waals surface area (Å²) in [5.41, 5.74) is 2.36. The Balaban J connectivity index is 1.99. The molecule has 2 amide bonds. The summed E-state index contributed by atoms with van der Waals surface area (Å²) in [5, 5.41) is 3.18. The Labute approximate surface area is 145 Å². The third-order valence-corrected chi connectivity index (χ3v) is 4.80. The lowest BCUT2D eigenvalue weighted by Gasteiger charge is -2.34. The largest absolute Gasteiger partial charge is 0.349 e. The summed E-state index contributed by atoms with van der Waals surface area (Å²) >= 11 is 0. The molecule has 0 unspecified atom stereocenters. The number of aryl methyl sites for hydroxylation is 1. The Morgan fingerprint density at radius 3 is 2.50 bits per heavy atom. The minimum Gasteiger partial charge on any atom is -0.349 e. The molecule has 0 radical (unpaired) electrons. The van der Waals surface area contributed by atoms with Crippen LogP contribution in [-0.2, 0) is 9.59 Å². The van der Waals surface area contributed by atoms with Crippen molar-refractivity contribution in [3.63, 3.8) is 0 Å². The van der Waals surface area contributed by atoms with Crippen molar-refractivity contribution >= 4 is 11.8 Å². The number of nitrogens with one attached hydrogen (secondary N) is 1. The number of amides is 2. The number of rotatable bonds is 5. The highest BCUT2D eigenvalue weighted by molar-refractivity contribution is 5.82. The van der Waals surface area contributed by atoms with E-state index in [1.807, 2.05) is 18.7 Å². The van der Waals surface area contributed by atoms with E-state index < -0.39 is 0 Å². The number of hydrogen-bond donors (Lipinski definition) is 1. The number of nitrogens with zero attached hydrogens (tertiary/aromatic N) is 1. The summed E-state index contributed by atoms with van der Waals surface area (Å²) in [4.78, 5) is 26.7. The van der Waals surface area contributed by atoms with Crippen LogP contribution in [0, 0.1) is 18.8 Å². The van der Waals surface area contributed by atoms with E-state index in [4.69, 9.17) is 0 Å². The third-order valence-electron chi connectivity index (χ3n) is 4.80. The molecule has 1 N–H and O–H groups in total. The van der Waals surface area contributed by atoms with E-state index in [1.165, 1.54) is 5.56 Å². The zero-order chi connectivity index (χ0) is 17.7. The molecule has 1 saturated heterocycles. The molecule has 0 aromatic heterocycles. The lowest BCUT2D eigenvalue weighted by Crippen LogP contribution is -2.47. The Morgan fingerprint density at radius 2 is 1.92 bits per heavy atom. The summed E-state index contributed by atoms with van der Waals surface area (Å²) < 4.78 is 0. The molecule has 1 aliphatic heterocycles. The summed E-state index contributed by atoms with van der Waals surface area (Å²) in [5.74, 6) is 0.116. The Morgan fingerprint density at radius 1 is 1.25 bits per heavy atom. The lowest BCUT2D eigenvalue weighted by molar-refractivity contribution is -0.138. The van der Waals surface area contributed by atoms with Crippen LogP contribution in [0.5, 0.6) is 0 Å². The van der Waals surface area contributed by atoms with Crippen LogP contribution in [0.15, 0.2) is 24.3 Å². The van der Waals surface area contributed by atoms with Gasteiger partial charge in [-0.1, -0.05) is 50.6 Å². The first-order valence-electron chi connectivity index (χ1n) is 9.08. The van der Waals surface area contributed by atoms with E-state index in [2.05, 4.69) is 43.4 Å². The van der Waals surface area contributed by atoms with Gasteiger partial charge in [-0.2, -0.15) is 0 Å². The quantitative estimate of drug-likeness (QED) is 0.899. The normalized spacial score (nSPS) is 19.2. The monoisotopic (exact) mass is 330 g/mol. The van der Waals surface area contributed by atoms with Gasteiger partial charge in [0.05, 0.1) is 12.0 Å². The average molecular weight is 330 g/mol. The molecule has 2 rings (SSSR count). The minimum absolute atomic E-state index is 0.0113. The van der Waals surface area contributed by atoms with Crippen LogP contribution in [-0.4, -0.2) is 29.8 Å². The summed E-state index contributed by atoms with van der Waals surface area (Å²) in [6.45, 7) is 9.29. The maximum absolute atomic E-state index is 12.7. The van der Waals surface area contributed by atoms with Crippen LogP contribution in [0.2, 0.25) is 0 Å². The van der Waals surface area contributed by atoms with E-state index in [1.54, 1.807) is 0 Å². The first kappa shape index (κ1) is 18.5. The van der Waals surface area contributed by atoms with Crippen molar-refractivity contribution in [1.29, 1.82) is 0 Å². The van der Waals surface area contributed by atoms with Crippen LogP contribution < -0.4 is 5.32 Å². The predicted molar refractivity (Wildman–Crippen MR) is 96.5 cm³/mol. The van der Waals surface area contributed by atoms with E-state index in [0.717, 1.165) is 31.4 Å². The maximum atomic E-state index is 12.7. The number of carbonyl (C=O) groups is 2. The Kier molecular flexibility index (Phi) is 6.41. The van der Waals surface area contributed by atoms with Gasteiger partial charge in [-0.25, -0.2) is 0 Å². The van der Waals surface area contributed by atoms with Crippen molar-refractivity contribution in [2.45, 2.75) is 53.0 Å². The van der Waals surface area contributed by atoms with Crippen LogP contribution >= 0.6 is 0 Å². The summed E-state index contributed by atoms with van der Waals surface area (Å²) in [6.07, 6.45) is 2.62. The summed E-state index contributed by atoms with van der Waals surface area (Å²) in [7, 11) is 0. The first-order valence-corrected chi connectivity index (χ1v) is 9.08. The smallest absolute Gasteiger partial charge is 0.225 e. The van der Waals surface area contributed by atoms with Crippen molar-refractivity contribution in [2.75, 3.05) is 13.1 Å². The molecule has 132 valence electrons. The van der Waals surface area contributed by atoms with Crippen LogP contribution in [0.4, 0.5) is 0 Å². The predicted octanol–water partition coefficient (Wildman–Crippen LogP) is 3.46. The third kappa shape index (κ3) is 4.59. The molecule has 1 aliphatic rings. The van der Waals surface area contributed by atoms with Crippen molar-refractivity contribution in [3.05, 3.63) is 35.4 Å². The molecular weight excluding hydrogens is 300 g/mol. The van der Waals surface area contributed by atoms with E-state index >= 15 is 0 Å². The number of carbonyl (C=O) groups excluding carboxylic acids is 2. The number of benzene rings is 1. The van der Waals surface area contributed by atoms with Gasteiger partial charge in [0.2, 0.25) is 11.8 Å². The maximum Gasteiger partial charge on any atom is 0.225 e. The van der Waals surface area contributed by atoms with Crippen molar-refractivity contribution in [3.8, 4) is 0 Å². The molecule has 1 aromatic carbocycles. The fourth-order valence-corrected chi connectivity index (χ4v) is 3.27. The zero-order valence-corrected chi connectivity index (χ0v) is 15.3.